The molecule has 2 aliphatic heterocycles. The third-order valence-electron chi connectivity index (χ3n) is 4.57. The molecule has 0 unspecified atom stereocenters. The molecule has 2 aromatic carbocycles. The number of hydrogen-bond acceptors (Lipinski definition) is 5. The van der Waals surface area contributed by atoms with Gasteiger partial charge >= 0.3 is 6.09 Å². The summed E-state index contributed by atoms with van der Waals surface area (Å²) in [4.78, 5) is 26.1. The fourth-order valence-corrected chi connectivity index (χ4v) is 3.46. The summed E-state index contributed by atoms with van der Waals surface area (Å²) >= 11 is 0. The summed E-state index contributed by atoms with van der Waals surface area (Å²) in [5.41, 5.74) is 3.25. The SMILES string of the molecule is CC(C)(C)OC(=O)N1CCc2cccc(-c3cc4c(cc3C=O)OCO4)c21. The van der Waals surface area contributed by atoms with E-state index in [2.05, 4.69) is 0 Å². The number of ether oxygens (including phenoxy) is 3. The van der Waals surface area contributed by atoms with Crippen LogP contribution in [0.1, 0.15) is 36.7 Å². The van der Waals surface area contributed by atoms with Gasteiger partial charge in [0.2, 0.25) is 6.79 Å². The molecule has 0 aliphatic carbocycles. The zero-order valence-electron chi connectivity index (χ0n) is 15.6. The molecule has 0 radical (unpaired) electrons. The molecule has 6 nitrogen and oxygen atoms in total. The number of carbonyl (C=O) groups is 2. The molecule has 0 atom stereocenters. The van der Waals surface area contributed by atoms with Gasteiger partial charge in [-0.05, 0) is 50.5 Å². The lowest BCUT2D eigenvalue weighted by molar-refractivity contribution is 0.0584. The molecule has 27 heavy (non-hydrogen) atoms. The molecule has 2 heterocycles. The Morgan fingerprint density at radius 3 is 2.59 bits per heavy atom. The van der Waals surface area contributed by atoms with E-state index in [1.54, 1.807) is 17.0 Å². The Labute approximate surface area is 157 Å². The maximum Gasteiger partial charge on any atom is 0.414 e. The summed E-state index contributed by atoms with van der Waals surface area (Å²) in [7, 11) is 0. The molecule has 2 aromatic rings. The molecule has 0 N–H and O–H groups in total. The average Bonchev–Trinajstić information content (AvgIpc) is 3.25. The first kappa shape index (κ1) is 17.4. The number of aldehydes is 1. The molecule has 2 aliphatic rings. The molecule has 0 fully saturated rings. The molecule has 0 saturated heterocycles. The smallest absolute Gasteiger partial charge is 0.414 e. The molecule has 4 rings (SSSR count). The van der Waals surface area contributed by atoms with Crippen LogP contribution in [0.4, 0.5) is 10.5 Å². The normalized spacial score (nSPS) is 14.9. The quantitative estimate of drug-likeness (QED) is 0.745. The fraction of sp³-hybridized carbons (Fsp3) is 0.333. The minimum Gasteiger partial charge on any atom is -0.454 e. The van der Waals surface area contributed by atoms with Crippen molar-refractivity contribution in [1.82, 2.24) is 0 Å². The van der Waals surface area contributed by atoms with Crippen LogP contribution in [-0.2, 0) is 11.2 Å². The van der Waals surface area contributed by atoms with Crippen molar-refractivity contribution in [1.29, 1.82) is 0 Å². The second-order valence-electron chi connectivity index (χ2n) is 7.61. The highest BCUT2D eigenvalue weighted by Gasteiger charge is 2.32. The van der Waals surface area contributed by atoms with Gasteiger partial charge in [0.15, 0.2) is 17.8 Å². The molecule has 6 heteroatoms. The number of para-hydroxylation sites is 1. The lowest BCUT2D eigenvalue weighted by Crippen LogP contribution is -2.35. The van der Waals surface area contributed by atoms with Crippen molar-refractivity contribution in [3.8, 4) is 22.6 Å². The maximum atomic E-state index is 12.7. The number of carbonyl (C=O) groups excluding carboxylic acids is 2. The van der Waals surface area contributed by atoms with E-state index in [0.717, 1.165) is 29.5 Å². The second kappa shape index (κ2) is 6.30. The van der Waals surface area contributed by atoms with Gasteiger partial charge in [0, 0.05) is 17.7 Å². The molecular weight excluding hydrogens is 346 g/mol. The van der Waals surface area contributed by atoms with Crippen molar-refractivity contribution in [3.63, 3.8) is 0 Å². The van der Waals surface area contributed by atoms with E-state index in [0.29, 0.717) is 29.2 Å². The van der Waals surface area contributed by atoms with Crippen molar-refractivity contribution in [2.24, 2.45) is 0 Å². The van der Waals surface area contributed by atoms with Crippen LogP contribution in [0.3, 0.4) is 0 Å². The second-order valence-corrected chi connectivity index (χ2v) is 7.61. The van der Waals surface area contributed by atoms with Crippen LogP contribution in [-0.4, -0.2) is 31.3 Å². The zero-order chi connectivity index (χ0) is 19.2. The molecule has 140 valence electrons. The predicted octanol–water partition coefficient (Wildman–Crippen LogP) is 4.19. The van der Waals surface area contributed by atoms with E-state index in [1.807, 2.05) is 39.0 Å². The van der Waals surface area contributed by atoms with E-state index >= 15 is 0 Å². The van der Waals surface area contributed by atoms with Crippen LogP contribution in [0, 0.1) is 0 Å². The van der Waals surface area contributed by atoms with Crippen LogP contribution in [0.5, 0.6) is 11.5 Å². The van der Waals surface area contributed by atoms with Crippen LogP contribution >= 0.6 is 0 Å². The largest absolute Gasteiger partial charge is 0.454 e. The van der Waals surface area contributed by atoms with Crippen molar-refractivity contribution >= 4 is 18.1 Å². The van der Waals surface area contributed by atoms with Crippen molar-refractivity contribution in [2.75, 3.05) is 18.2 Å². The summed E-state index contributed by atoms with van der Waals surface area (Å²) in [5.74, 6) is 1.15. The Morgan fingerprint density at radius 1 is 1.15 bits per heavy atom. The van der Waals surface area contributed by atoms with Crippen LogP contribution in [0.2, 0.25) is 0 Å². The number of benzene rings is 2. The minimum absolute atomic E-state index is 0.133. The topological polar surface area (TPSA) is 65.1 Å². The molecule has 0 saturated carbocycles. The Balaban J connectivity index is 1.82. The van der Waals surface area contributed by atoms with Gasteiger partial charge in [0.1, 0.15) is 5.60 Å². The van der Waals surface area contributed by atoms with E-state index < -0.39 is 5.60 Å². The van der Waals surface area contributed by atoms with Crippen molar-refractivity contribution < 1.29 is 23.8 Å². The standard InChI is InChI=1S/C21H21NO5/c1-21(2,3)27-20(24)22-8-7-13-5-4-6-15(19(13)22)16-10-18-17(25-12-26-18)9-14(16)11-23/h4-6,9-11H,7-8,12H2,1-3H3. The Bertz CT molecular complexity index is 929. The summed E-state index contributed by atoms with van der Waals surface area (Å²) in [6.07, 6.45) is 1.15. The number of amides is 1. The number of rotatable bonds is 2. The van der Waals surface area contributed by atoms with Gasteiger partial charge in [-0.25, -0.2) is 4.79 Å². The third-order valence-corrected chi connectivity index (χ3v) is 4.57. The zero-order valence-corrected chi connectivity index (χ0v) is 15.6. The molecule has 1 amide bonds. The minimum atomic E-state index is -0.582. The van der Waals surface area contributed by atoms with Gasteiger partial charge in [-0.1, -0.05) is 18.2 Å². The van der Waals surface area contributed by atoms with E-state index in [4.69, 9.17) is 14.2 Å². The van der Waals surface area contributed by atoms with Crippen molar-refractivity contribution in [3.05, 3.63) is 41.5 Å². The summed E-state index contributed by atoms with van der Waals surface area (Å²) in [6, 6.07) is 9.32. The highest BCUT2D eigenvalue weighted by Crippen LogP contribution is 2.44. The lowest BCUT2D eigenvalue weighted by Gasteiger charge is -2.26. The monoisotopic (exact) mass is 367 g/mol. The first-order valence-electron chi connectivity index (χ1n) is 8.89. The van der Waals surface area contributed by atoms with Gasteiger partial charge in [0.25, 0.3) is 0 Å². The molecule has 0 spiro atoms. The third kappa shape index (κ3) is 3.12. The summed E-state index contributed by atoms with van der Waals surface area (Å²) < 4.78 is 16.4. The number of hydrogen-bond donors (Lipinski definition) is 0. The van der Waals surface area contributed by atoms with Crippen molar-refractivity contribution in [2.45, 2.75) is 32.8 Å². The summed E-state index contributed by atoms with van der Waals surface area (Å²) in [6.45, 7) is 6.21. The first-order valence-corrected chi connectivity index (χ1v) is 8.89. The van der Waals surface area contributed by atoms with E-state index in [-0.39, 0.29) is 12.9 Å². The molecule has 0 bridgehead atoms. The summed E-state index contributed by atoms with van der Waals surface area (Å²) in [5, 5.41) is 0. The number of anilines is 1. The highest BCUT2D eigenvalue weighted by atomic mass is 16.7. The van der Waals surface area contributed by atoms with Gasteiger partial charge in [0.05, 0.1) is 5.69 Å². The van der Waals surface area contributed by atoms with E-state index in [9.17, 15) is 9.59 Å². The first-order chi connectivity index (χ1) is 12.9. The Hall–Kier alpha value is -3.02. The molecule has 0 aromatic heterocycles. The van der Waals surface area contributed by atoms with Gasteiger partial charge in [-0.2, -0.15) is 0 Å². The van der Waals surface area contributed by atoms with Gasteiger partial charge in [-0.15, -0.1) is 0 Å². The van der Waals surface area contributed by atoms with Gasteiger partial charge in [-0.3, -0.25) is 9.69 Å². The van der Waals surface area contributed by atoms with Gasteiger partial charge < -0.3 is 14.2 Å². The number of nitrogens with zero attached hydrogens (tertiary/aromatic N) is 1. The predicted molar refractivity (Wildman–Crippen MR) is 101 cm³/mol. The lowest BCUT2D eigenvalue weighted by atomic mass is 9.96. The van der Waals surface area contributed by atoms with E-state index in [1.165, 1.54) is 0 Å². The van der Waals surface area contributed by atoms with Crippen LogP contribution < -0.4 is 14.4 Å². The average molecular weight is 367 g/mol. The Kier molecular flexibility index (Phi) is 4.06. The fourth-order valence-electron chi connectivity index (χ4n) is 3.46. The molecular formula is C21H21NO5. The highest BCUT2D eigenvalue weighted by molar-refractivity contribution is 6.00. The van der Waals surface area contributed by atoms with Crippen LogP contribution in [0.15, 0.2) is 30.3 Å². The van der Waals surface area contributed by atoms with Crippen LogP contribution in [0.25, 0.3) is 11.1 Å². The maximum absolute atomic E-state index is 12.7. The number of fused-ring (bicyclic) bond motifs is 2. The Morgan fingerprint density at radius 2 is 1.89 bits per heavy atom.